The predicted octanol–water partition coefficient (Wildman–Crippen LogP) is 0.269. The molecule has 0 aromatic heterocycles. The molecule has 0 spiro atoms. The van der Waals surface area contributed by atoms with E-state index in [1.54, 1.807) is 6.08 Å². The molecule has 70 valence electrons. The molecular formula is C8H14O4. The fraction of sp³-hybridized carbons (Fsp3) is 0.750. The molecular weight excluding hydrogens is 160 g/mol. The lowest BCUT2D eigenvalue weighted by Gasteiger charge is -2.29. The van der Waals surface area contributed by atoms with E-state index in [4.69, 9.17) is 14.2 Å². The van der Waals surface area contributed by atoms with Gasteiger partial charge in [-0.05, 0) is 13.0 Å². The molecule has 0 amide bonds. The van der Waals surface area contributed by atoms with E-state index in [0.717, 1.165) is 0 Å². The molecule has 0 fully saturated rings. The topological polar surface area (TPSA) is 47.9 Å². The molecule has 0 aromatic rings. The van der Waals surface area contributed by atoms with Gasteiger partial charge in [0.2, 0.25) is 0 Å². The second kappa shape index (κ2) is 4.45. The summed E-state index contributed by atoms with van der Waals surface area (Å²) in [7, 11) is 1.54. The van der Waals surface area contributed by atoms with Crippen LogP contribution >= 0.6 is 0 Å². The smallest absolute Gasteiger partial charge is 0.147 e. The summed E-state index contributed by atoms with van der Waals surface area (Å²) in [6, 6.07) is 0. The Morgan fingerprint density at radius 3 is 2.92 bits per heavy atom. The van der Waals surface area contributed by atoms with Crippen molar-refractivity contribution in [2.75, 3.05) is 13.9 Å². The SMILES string of the molecule is COCOC1C(O)C=COC1C. The van der Waals surface area contributed by atoms with Crippen molar-refractivity contribution >= 4 is 0 Å². The van der Waals surface area contributed by atoms with E-state index in [1.165, 1.54) is 13.4 Å². The normalized spacial score (nSPS) is 34.8. The van der Waals surface area contributed by atoms with Crippen molar-refractivity contribution in [1.82, 2.24) is 0 Å². The predicted molar refractivity (Wildman–Crippen MR) is 42.4 cm³/mol. The monoisotopic (exact) mass is 174 g/mol. The highest BCUT2D eigenvalue weighted by Crippen LogP contribution is 2.15. The number of rotatable bonds is 3. The van der Waals surface area contributed by atoms with Crippen molar-refractivity contribution in [2.24, 2.45) is 0 Å². The zero-order chi connectivity index (χ0) is 8.97. The zero-order valence-electron chi connectivity index (χ0n) is 7.27. The lowest BCUT2D eigenvalue weighted by Crippen LogP contribution is -2.40. The highest BCUT2D eigenvalue weighted by Gasteiger charge is 2.28. The van der Waals surface area contributed by atoms with Crippen LogP contribution in [0.2, 0.25) is 0 Å². The summed E-state index contributed by atoms with van der Waals surface area (Å²) in [5.74, 6) is 0. The lowest BCUT2D eigenvalue weighted by atomic mass is 10.1. The van der Waals surface area contributed by atoms with Gasteiger partial charge in [-0.3, -0.25) is 0 Å². The van der Waals surface area contributed by atoms with Crippen molar-refractivity contribution in [1.29, 1.82) is 0 Å². The zero-order valence-corrected chi connectivity index (χ0v) is 7.27. The summed E-state index contributed by atoms with van der Waals surface area (Å²) < 4.78 is 15.1. The van der Waals surface area contributed by atoms with Gasteiger partial charge in [0, 0.05) is 7.11 Å². The van der Waals surface area contributed by atoms with Gasteiger partial charge in [-0.15, -0.1) is 0 Å². The van der Waals surface area contributed by atoms with Crippen LogP contribution < -0.4 is 0 Å². The molecule has 0 saturated heterocycles. The van der Waals surface area contributed by atoms with Crippen LogP contribution in [-0.2, 0) is 14.2 Å². The van der Waals surface area contributed by atoms with Crippen molar-refractivity contribution in [3.63, 3.8) is 0 Å². The van der Waals surface area contributed by atoms with E-state index in [2.05, 4.69) is 0 Å². The first kappa shape index (κ1) is 9.51. The third-order valence-corrected chi connectivity index (χ3v) is 1.75. The molecule has 1 aliphatic heterocycles. The van der Waals surface area contributed by atoms with Gasteiger partial charge in [0.1, 0.15) is 25.1 Å². The summed E-state index contributed by atoms with van der Waals surface area (Å²) >= 11 is 0. The average Bonchev–Trinajstić information content (AvgIpc) is 2.04. The van der Waals surface area contributed by atoms with Gasteiger partial charge in [-0.25, -0.2) is 0 Å². The Morgan fingerprint density at radius 2 is 2.33 bits per heavy atom. The number of aliphatic hydroxyl groups is 1. The van der Waals surface area contributed by atoms with Gasteiger partial charge in [0.05, 0.1) is 6.26 Å². The summed E-state index contributed by atoms with van der Waals surface area (Å²) in [5.41, 5.74) is 0. The minimum atomic E-state index is -0.608. The Bertz CT molecular complexity index is 157. The number of hydrogen-bond acceptors (Lipinski definition) is 4. The summed E-state index contributed by atoms with van der Waals surface area (Å²) in [6.07, 6.45) is 1.96. The first-order valence-corrected chi connectivity index (χ1v) is 3.86. The van der Waals surface area contributed by atoms with Gasteiger partial charge >= 0.3 is 0 Å². The third kappa shape index (κ3) is 2.20. The molecule has 4 nitrogen and oxygen atoms in total. The Balaban J connectivity index is 2.42. The van der Waals surface area contributed by atoms with Crippen LogP contribution in [0.3, 0.4) is 0 Å². The number of methoxy groups -OCH3 is 1. The van der Waals surface area contributed by atoms with Gasteiger partial charge < -0.3 is 19.3 Å². The maximum Gasteiger partial charge on any atom is 0.147 e. The summed E-state index contributed by atoms with van der Waals surface area (Å²) in [6.45, 7) is 2.01. The maximum absolute atomic E-state index is 9.42. The summed E-state index contributed by atoms with van der Waals surface area (Å²) in [5, 5.41) is 9.42. The van der Waals surface area contributed by atoms with Crippen LogP contribution in [-0.4, -0.2) is 37.3 Å². The molecule has 12 heavy (non-hydrogen) atoms. The molecule has 3 unspecified atom stereocenters. The number of ether oxygens (including phenoxy) is 3. The van der Waals surface area contributed by atoms with Crippen LogP contribution in [0.25, 0.3) is 0 Å². The largest absolute Gasteiger partial charge is 0.496 e. The maximum atomic E-state index is 9.42. The number of aliphatic hydroxyl groups excluding tert-OH is 1. The first-order chi connectivity index (χ1) is 5.75. The van der Waals surface area contributed by atoms with Gasteiger partial charge in [0.15, 0.2) is 0 Å². The van der Waals surface area contributed by atoms with E-state index in [1.807, 2.05) is 6.92 Å². The van der Waals surface area contributed by atoms with E-state index < -0.39 is 6.10 Å². The molecule has 1 rings (SSSR count). The summed E-state index contributed by atoms with van der Waals surface area (Å²) in [4.78, 5) is 0. The molecule has 0 bridgehead atoms. The molecule has 0 aliphatic carbocycles. The van der Waals surface area contributed by atoms with Crippen molar-refractivity contribution in [2.45, 2.75) is 25.2 Å². The lowest BCUT2D eigenvalue weighted by molar-refractivity contribution is -0.147. The molecule has 0 aromatic carbocycles. The fourth-order valence-corrected chi connectivity index (χ4v) is 1.10. The fourth-order valence-electron chi connectivity index (χ4n) is 1.10. The third-order valence-electron chi connectivity index (χ3n) is 1.75. The van der Waals surface area contributed by atoms with E-state index >= 15 is 0 Å². The van der Waals surface area contributed by atoms with Gasteiger partial charge in [-0.1, -0.05) is 0 Å². The van der Waals surface area contributed by atoms with Gasteiger partial charge in [0.25, 0.3) is 0 Å². The van der Waals surface area contributed by atoms with Crippen molar-refractivity contribution in [3.8, 4) is 0 Å². The van der Waals surface area contributed by atoms with E-state index in [0.29, 0.717) is 0 Å². The van der Waals surface area contributed by atoms with Crippen LogP contribution in [0.1, 0.15) is 6.92 Å². The minimum absolute atomic E-state index is 0.139. The van der Waals surface area contributed by atoms with Crippen molar-refractivity contribution in [3.05, 3.63) is 12.3 Å². The highest BCUT2D eigenvalue weighted by atomic mass is 16.7. The highest BCUT2D eigenvalue weighted by molar-refractivity contribution is 4.96. The Hall–Kier alpha value is -0.580. The average molecular weight is 174 g/mol. The van der Waals surface area contributed by atoms with Gasteiger partial charge in [-0.2, -0.15) is 0 Å². The van der Waals surface area contributed by atoms with E-state index in [-0.39, 0.29) is 19.0 Å². The molecule has 3 atom stereocenters. The number of hydrogen-bond donors (Lipinski definition) is 1. The van der Waals surface area contributed by atoms with E-state index in [9.17, 15) is 5.11 Å². The Morgan fingerprint density at radius 1 is 1.58 bits per heavy atom. The van der Waals surface area contributed by atoms with Crippen LogP contribution in [0.4, 0.5) is 0 Å². The molecule has 0 radical (unpaired) electrons. The molecule has 1 heterocycles. The van der Waals surface area contributed by atoms with Crippen LogP contribution in [0.5, 0.6) is 0 Å². The van der Waals surface area contributed by atoms with Crippen LogP contribution in [0, 0.1) is 0 Å². The molecule has 1 aliphatic rings. The molecule has 1 N–H and O–H groups in total. The Labute approximate surface area is 71.7 Å². The standard InChI is InChI=1S/C8H14O4/c1-6-8(12-5-10-2)7(9)3-4-11-6/h3-4,6-9H,5H2,1-2H3. The second-order valence-electron chi connectivity index (χ2n) is 2.70. The second-order valence-corrected chi connectivity index (χ2v) is 2.70. The van der Waals surface area contributed by atoms with Crippen molar-refractivity contribution < 1.29 is 19.3 Å². The Kier molecular flexibility index (Phi) is 3.52. The quantitative estimate of drug-likeness (QED) is 0.624. The van der Waals surface area contributed by atoms with Crippen LogP contribution in [0.15, 0.2) is 12.3 Å². The minimum Gasteiger partial charge on any atom is -0.496 e. The molecule has 4 heteroatoms. The molecule has 0 saturated carbocycles. The first-order valence-electron chi connectivity index (χ1n) is 3.86.